The molecule has 1 aromatic carbocycles. The molecule has 0 aliphatic rings. The van der Waals surface area contributed by atoms with Crippen LogP contribution in [0.25, 0.3) is 0 Å². The van der Waals surface area contributed by atoms with Gasteiger partial charge in [-0.3, -0.25) is 4.79 Å². The maximum Gasteiger partial charge on any atom is 0.226 e. The molecule has 2 rings (SSSR count). The van der Waals surface area contributed by atoms with Crippen molar-refractivity contribution in [3.63, 3.8) is 0 Å². The van der Waals surface area contributed by atoms with Crippen molar-refractivity contribution in [3.05, 3.63) is 44.9 Å². The lowest BCUT2D eigenvalue weighted by molar-refractivity contribution is -0.116. The number of carbonyl (C=O) groups is 1. The van der Waals surface area contributed by atoms with Crippen molar-refractivity contribution < 1.29 is 4.79 Å². The molecule has 5 heteroatoms. The molecule has 0 radical (unpaired) electrons. The molecule has 3 nitrogen and oxygen atoms in total. The van der Waals surface area contributed by atoms with Gasteiger partial charge < -0.3 is 5.32 Å². The fraction of sp³-hybridized carbons (Fsp3) is 0.333. The molecule has 1 aromatic heterocycles. The molecule has 0 saturated heterocycles. The molecule has 0 atom stereocenters. The van der Waals surface area contributed by atoms with Gasteiger partial charge in [-0.05, 0) is 44.4 Å². The van der Waals surface area contributed by atoms with Gasteiger partial charge in [0.15, 0.2) is 5.13 Å². The van der Waals surface area contributed by atoms with E-state index in [1.165, 1.54) is 11.3 Å². The zero-order chi connectivity index (χ0) is 14.7. The Morgan fingerprint density at radius 3 is 2.70 bits per heavy atom. The van der Waals surface area contributed by atoms with Crippen LogP contribution in [0.2, 0.25) is 5.02 Å². The number of aryl methyl sites for hydroxylation is 4. The third kappa shape index (κ3) is 3.81. The lowest BCUT2D eigenvalue weighted by atomic mass is 10.1. The minimum atomic E-state index is -0.0181. The number of nitrogens with zero attached hydrogens (tertiary/aromatic N) is 1. The Kier molecular flexibility index (Phi) is 4.78. The normalized spacial score (nSPS) is 10.6. The van der Waals surface area contributed by atoms with Crippen LogP contribution >= 0.6 is 22.9 Å². The Bertz CT molecular complexity index is 617. The highest BCUT2D eigenvalue weighted by Crippen LogP contribution is 2.21. The number of halogens is 1. The first-order valence-electron chi connectivity index (χ1n) is 6.44. The largest absolute Gasteiger partial charge is 0.302 e. The monoisotopic (exact) mass is 308 g/mol. The van der Waals surface area contributed by atoms with Gasteiger partial charge in [-0.2, -0.15) is 0 Å². The molecule has 0 saturated carbocycles. The lowest BCUT2D eigenvalue weighted by Crippen LogP contribution is -2.12. The van der Waals surface area contributed by atoms with Gasteiger partial charge in [-0.15, -0.1) is 11.3 Å². The molecule has 0 aliphatic carbocycles. The Balaban J connectivity index is 1.90. The smallest absolute Gasteiger partial charge is 0.226 e. The van der Waals surface area contributed by atoms with Crippen LogP contribution in [-0.4, -0.2) is 10.9 Å². The minimum absolute atomic E-state index is 0.0181. The van der Waals surface area contributed by atoms with E-state index in [0.29, 0.717) is 18.0 Å². The summed E-state index contributed by atoms with van der Waals surface area (Å²) < 4.78 is 0. The van der Waals surface area contributed by atoms with E-state index in [4.69, 9.17) is 11.6 Å². The number of thiazole rings is 1. The van der Waals surface area contributed by atoms with E-state index in [1.54, 1.807) is 0 Å². The Morgan fingerprint density at radius 1 is 1.35 bits per heavy atom. The minimum Gasteiger partial charge on any atom is -0.302 e. The number of carbonyl (C=O) groups excluding carboxylic acids is 1. The molecule has 0 spiro atoms. The highest BCUT2D eigenvalue weighted by molar-refractivity contribution is 7.15. The van der Waals surface area contributed by atoms with Crippen LogP contribution in [0.5, 0.6) is 0 Å². The maximum absolute atomic E-state index is 11.9. The van der Waals surface area contributed by atoms with Crippen molar-refractivity contribution in [1.29, 1.82) is 0 Å². The number of amides is 1. The quantitative estimate of drug-likeness (QED) is 0.915. The van der Waals surface area contributed by atoms with Crippen LogP contribution in [0.3, 0.4) is 0 Å². The summed E-state index contributed by atoms with van der Waals surface area (Å²) >= 11 is 7.57. The first kappa shape index (κ1) is 15.0. The van der Waals surface area contributed by atoms with Gasteiger partial charge in [0.25, 0.3) is 0 Å². The Labute approximate surface area is 128 Å². The van der Waals surface area contributed by atoms with E-state index >= 15 is 0 Å². The molecule has 1 heterocycles. The Morgan fingerprint density at radius 2 is 2.10 bits per heavy atom. The van der Waals surface area contributed by atoms with E-state index in [9.17, 15) is 4.79 Å². The van der Waals surface area contributed by atoms with Crippen molar-refractivity contribution in [3.8, 4) is 0 Å². The number of aromatic nitrogens is 1. The summed E-state index contributed by atoms with van der Waals surface area (Å²) in [6.45, 7) is 5.90. The summed E-state index contributed by atoms with van der Waals surface area (Å²) in [5.74, 6) is -0.0181. The van der Waals surface area contributed by atoms with Gasteiger partial charge in [-0.25, -0.2) is 4.98 Å². The topological polar surface area (TPSA) is 42.0 Å². The number of benzene rings is 1. The van der Waals surface area contributed by atoms with Gasteiger partial charge in [-0.1, -0.05) is 23.7 Å². The van der Waals surface area contributed by atoms with Gasteiger partial charge >= 0.3 is 0 Å². The maximum atomic E-state index is 11.9. The average molecular weight is 309 g/mol. The molecule has 0 unspecified atom stereocenters. The van der Waals surface area contributed by atoms with Crippen LogP contribution in [0, 0.1) is 20.8 Å². The number of nitrogens with one attached hydrogen (secondary N) is 1. The van der Waals surface area contributed by atoms with E-state index in [-0.39, 0.29) is 5.91 Å². The predicted molar refractivity (Wildman–Crippen MR) is 84.7 cm³/mol. The van der Waals surface area contributed by atoms with Crippen LogP contribution in [0.1, 0.15) is 28.1 Å². The molecule has 20 heavy (non-hydrogen) atoms. The first-order chi connectivity index (χ1) is 9.45. The van der Waals surface area contributed by atoms with E-state index in [1.807, 2.05) is 39.0 Å². The summed E-state index contributed by atoms with van der Waals surface area (Å²) in [6.07, 6.45) is 1.10. The third-order valence-electron chi connectivity index (χ3n) is 3.15. The Hall–Kier alpha value is -1.39. The average Bonchev–Trinajstić information content (AvgIpc) is 2.70. The summed E-state index contributed by atoms with van der Waals surface area (Å²) in [6, 6.07) is 5.90. The van der Waals surface area contributed by atoms with Crippen LogP contribution in [0.15, 0.2) is 18.2 Å². The van der Waals surface area contributed by atoms with Crippen molar-refractivity contribution >= 4 is 34.0 Å². The molecule has 106 valence electrons. The number of anilines is 1. The molecular formula is C15H17ClN2OS. The standard InChI is InChI=1S/C15H17ClN2OS/c1-9-4-5-12(8-13(9)16)6-7-14(19)18-15-17-10(2)11(3)20-15/h4-5,8H,6-7H2,1-3H3,(H,17,18,19). The van der Waals surface area contributed by atoms with Crippen molar-refractivity contribution in [2.45, 2.75) is 33.6 Å². The second-order valence-corrected chi connectivity index (χ2v) is 6.40. The number of rotatable bonds is 4. The van der Waals surface area contributed by atoms with E-state index in [2.05, 4.69) is 10.3 Å². The molecule has 2 aromatic rings. The van der Waals surface area contributed by atoms with Gasteiger partial charge in [0.05, 0.1) is 5.69 Å². The van der Waals surface area contributed by atoms with Crippen molar-refractivity contribution in [2.24, 2.45) is 0 Å². The van der Waals surface area contributed by atoms with Crippen LogP contribution < -0.4 is 5.32 Å². The fourth-order valence-electron chi connectivity index (χ4n) is 1.76. The summed E-state index contributed by atoms with van der Waals surface area (Å²) in [7, 11) is 0. The third-order valence-corrected chi connectivity index (χ3v) is 4.55. The zero-order valence-electron chi connectivity index (χ0n) is 11.8. The second kappa shape index (κ2) is 6.37. The van der Waals surface area contributed by atoms with Gasteiger partial charge in [0.1, 0.15) is 0 Å². The zero-order valence-corrected chi connectivity index (χ0v) is 13.4. The summed E-state index contributed by atoms with van der Waals surface area (Å²) in [5, 5.41) is 4.25. The van der Waals surface area contributed by atoms with Crippen LogP contribution in [-0.2, 0) is 11.2 Å². The van der Waals surface area contributed by atoms with Crippen molar-refractivity contribution in [1.82, 2.24) is 4.98 Å². The predicted octanol–water partition coefficient (Wildman–Crippen LogP) is 4.29. The summed E-state index contributed by atoms with van der Waals surface area (Å²) in [5.41, 5.74) is 3.09. The van der Waals surface area contributed by atoms with E-state index < -0.39 is 0 Å². The molecule has 1 N–H and O–H groups in total. The van der Waals surface area contributed by atoms with Gasteiger partial charge in [0, 0.05) is 16.3 Å². The first-order valence-corrected chi connectivity index (χ1v) is 7.64. The molecule has 0 fully saturated rings. The fourth-order valence-corrected chi connectivity index (χ4v) is 2.79. The number of hydrogen-bond donors (Lipinski definition) is 1. The SMILES string of the molecule is Cc1ccc(CCC(=O)Nc2nc(C)c(C)s2)cc1Cl. The highest BCUT2D eigenvalue weighted by atomic mass is 35.5. The highest BCUT2D eigenvalue weighted by Gasteiger charge is 2.08. The molecule has 0 bridgehead atoms. The van der Waals surface area contributed by atoms with Crippen molar-refractivity contribution in [2.75, 3.05) is 5.32 Å². The molecule has 1 amide bonds. The second-order valence-electron chi connectivity index (χ2n) is 4.79. The molecular weight excluding hydrogens is 292 g/mol. The van der Waals surface area contributed by atoms with E-state index in [0.717, 1.165) is 26.7 Å². The summed E-state index contributed by atoms with van der Waals surface area (Å²) in [4.78, 5) is 17.3. The van der Waals surface area contributed by atoms with Crippen LogP contribution in [0.4, 0.5) is 5.13 Å². The lowest BCUT2D eigenvalue weighted by Gasteiger charge is -2.04. The van der Waals surface area contributed by atoms with Gasteiger partial charge in [0.2, 0.25) is 5.91 Å². The molecule has 0 aliphatic heterocycles. The number of hydrogen-bond acceptors (Lipinski definition) is 3.